The number of aliphatic hydroxyl groups excluding tert-OH is 2. The maximum atomic E-state index is 11.9. The van der Waals surface area contributed by atoms with Crippen molar-refractivity contribution in [2.75, 3.05) is 0 Å². The highest BCUT2D eigenvalue weighted by Crippen LogP contribution is 2.35. The zero-order chi connectivity index (χ0) is 19.2. The molecule has 0 amide bonds. The van der Waals surface area contributed by atoms with Crippen molar-refractivity contribution in [3.05, 3.63) is 34.9 Å². The lowest BCUT2D eigenvalue weighted by Crippen LogP contribution is -2.47. The molecule has 138 valence electrons. The minimum Gasteiger partial charge on any atom is -0.479 e. The first-order valence-electron chi connectivity index (χ1n) is 7.50. The monoisotopic (exact) mass is 373 g/mol. The number of carbonyl (C=O) groups excluding carboxylic acids is 1. The lowest BCUT2D eigenvalue weighted by molar-refractivity contribution is -0.165. The van der Waals surface area contributed by atoms with Gasteiger partial charge in [0.1, 0.15) is 5.54 Å². The Morgan fingerprint density at radius 3 is 2.04 bits per heavy atom. The van der Waals surface area contributed by atoms with Gasteiger partial charge in [0.15, 0.2) is 18.0 Å². The first-order valence-corrected chi connectivity index (χ1v) is 7.88. The smallest absolute Gasteiger partial charge is 0.335 e. The minimum atomic E-state index is -2.27. The maximum Gasteiger partial charge on any atom is 0.335 e. The summed E-state index contributed by atoms with van der Waals surface area (Å²) < 4.78 is 0. The minimum absolute atomic E-state index is 0.113. The second-order valence-corrected chi connectivity index (χ2v) is 6.05. The van der Waals surface area contributed by atoms with Crippen LogP contribution in [0, 0.1) is 0 Å². The van der Waals surface area contributed by atoms with E-state index >= 15 is 0 Å². The van der Waals surface area contributed by atoms with Crippen molar-refractivity contribution in [2.24, 2.45) is 5.73 Å². The zero-order valence-corrected chi connectivity index (χ0v) is 14.0. The number of ketones is 1. The molecule has 0 spiro atoms. The Balaban J connectivity index is 0.000000275. The van der Waals surface area contributed by atoms with Crippen LogP contribution in [-0.2, 0) is 19.9 Å². The van der Waals surface area contributed by atoms with E-state index in [1.165, 1.54) is 0 Å². The van der Waals surface area contributed by atoms with Gasteiger partial charge in [-0.05, 0) is 24.5 Å². The molecule has 1 aromatic carbocycles. The molecule has 25 heavy (non-hydrogen) atoms. The first kappa shape index (κ1) is 21.0. The molecule has 1 aliphatic rings. The van der Waals surface area contributed by atoms with Crippen molar-refractivity contribution >= 4 is 29.3 Å². The Hall–Kier alpha value is -2.00. The number of hydrogen-bond acceptors (Lipinski definition) is 6. The number of carbonyl (C=O) groups is 3. The van der Waals surface area contributed by atoms with Crippen LogP contribution in [-0.4, -0.2) is 50.4 Å². The van der Waals surface area contributed by atoms with E-state index in [-0.39, 0.29) is 5.78 Å². The van der Waals surface area contributed by atoms with E-state index in [2.05, 4.69) is 0 Å². The fraction of sp³-hybridized carbons (Fsp3) is 0.438. The molecule has 0 aromatic heterocycles. The van der Waals surface area contributed by atoms with Crippen LogP contribution in [0.1, 0.15) is 31.2 Å². The van der Waals surface area contributed by atoms with Gasteiger partial charge in [0.25, 0.3) is 0 Å². The maximum absolute atomic E-state index is 11.9. The van der Waals surface area contributed by atoms with Gasteiger partial charge in [0, 0.05) is 11.4 Å². The lowest BCUT2D eigenvalue weighted by Gasteiger charge is -2.32. The van der Waals surface area contributed by atoms with Crippen LogP contribution in [0.4, 0.5) is 0 Å². The van der Waals surface area contributed by atoms with E-state index in [4.69, 9.17) is 37.8 Å². The number of rotatable bonds is 4. The van der Waals surface area contributed by atoms with E-state index in [1.807, 2.05) is 18.2 Å². The van der Waals surface area contributed by atoms with Crippen LogP contribution < -0.4 is 5.73 Å². The average Bonchev–Trinajstić information content (AvgIpc) is 2.57. The Kier molecular flexibility index (Phi) is 7.50. The number of benzene rings is 1. The van der Waals surface area contributed by atoms with Crippen LogP contribution in [0.5, 0.6) is 0 Å². The third-order valence-corrected chi connectivity index (χ3v) is 4.21. The summed E-state index contributed by atoms with van der Waals surface area (Å²) in [5, 5.41) is 33.1. The van der Waals surface area contributed by atoms with Crippen molar-refractivity contribution in [2.45, 2.75) is 43.4 Å². The fourth-order valence-corrected chi connectivity index (χ4v) is 2.73. The molecule has 1 unspecified atom stereocenters. The summed E-state index contributed by atoms with van der Waals surface area (Å²) >= 11 is 6.08. The van der Waals surface area contributed by atoms with Crippen molar-refractivity contribution < 1.29 is 34.8 Å². The van der Waals surface area contributed by atoms with Gasteiger partial charge in [0.2, 0.25) is 0 Å². The molecule has 0 aliphatic heterocycles. The number of carboxylic acid groups (broad SMARTS) is 2. The molecule has 0 saturated heterocycles. The number of nitrogens with two attached hydrogens (primary N) is 1. The zero-order valence-electron chi connectivity index (χ0n) is 13.3. The normalized spacial score (nSPS) is 22.3. The number of aliphatic carboxylic acids is 2. The number of Topliss-reactive ketones (excluding diaryl/α,β-unsaturated/α-hetero) is 1. The third-order valence-electron chi connectivity index (χ3n) is 3.88. The van der Waals surface area contributed by atoms with Gasteiger partial charge < -0.3 is 26.2 Å². The van der Waals surface area contributed by atoms with Crippen LogP contribution in [0.3, 0.4) is 0 Å². The molecule has 0 bridgehead atoms. The highest BCUT2D eigenvalue weighted by molar-refractivity contribution is 6.31. The second-order valence-electron chi connectivity index (χ2n) is 5.65. The third kappa shape index (κ3) is 5.23. The van der Waals surface area contributed by atoms with Crippen molar-refractivity contribution in [1.82, 2.24) is 0 Å². The lowest BCUT2D eigenvalue weighted by atomic mass is 9.76. The predicted molar refractivity (Wildman–Crippen MR) is 88.1 cm³/mol. The van der Waals surface area contributed by atoms with Crippen LogP contribution in [0.2, 0.25) is 5.02 Å². The summed E-state index contributed by atoms with van der Waals surface area (Å²) in [6, 6.07) is 7.36. The van der Waals surface area contributed by atoms with Crippen molar-refractivity contribution in [3.8, 4) is 0 Å². The van der Waals surface area contributed by atoms with Gasteiger partial charge in [-0.15, -0.1) is 0 Å². The molecular weight excluding hydrogens is 354 g/mol. The molecule has 1 saturated carbocycles. The first-order chi connectivity index (χ1) is 11.6. The number of aliphatic hydroxyl groups is 2. The van der Waals surface area contributed by atoms with E-state index < -0.39 is 29.7 Å². The summed E-state index contributed by atoms with van der Waals surface area (Å²) in [5.41, 5.74) is 6.11. The molecular formula is C16H20ClNO7. The van der Waals surface area contributed by atoms with E-state index in [9.17, 15) is 14.4 Å². The summed E-state index contributed by atoms with van der Waals surface area (Å²) in [5.74, 6) is -3.42. The standard InChI is InChI=1S/C12H14ClNO.C4H6O6/c13-10-6-2-1-5-9(10)12(14)8-4-3-7-11(12)15;5-1(3(7)8)2(6)4(9)10/h1-2,5-6H,3-4,7-8,14H2;1-2,5-6H,(H,7,8)(H,9,10)/t;1-,2-/m.0/s1. The van der Waals surface area contributed by atoms with E-state index in [0.29, 0.717) is 17.9 Å². The Labute approximate surface area is 148 Å². The summed E-state index contributed by atoms with van der Waals surface area (Å²) in [7, 11) is 0. The topological polar surface area (TPSA) is 158 Å². The summed E-state index contributed by atoms with van der Waals surface area (Å²) in [6.45, 7) is 0. The molecule has 8 nitrogen and oxygen atoms in total. The Morgan fingerprint density at radius 2 is 1.60 bits per heavy atom. The van der Waals surface area contributed by atoms with Gasteiger partial charge in [-0.1, -0.05) is 36.2 Å². The molecule has 6 N–H and O–H groups in total. The largest absolute Gasteiger partial charge is 0.479 e. The van der Waals surface area contributed by atoms with Crippen molar-refractivity contribution in [3.63, 3.8) is 0 Å². The van der Waals surface area contributed by atoms with Gasteiger partial charge in [0.05, 0.1) is 0 Å². The van der Waals surface area contributed by atoms with Crippen LogP contribution >= 0.6 is 11.6 Å². The number of halogens is 1. The highest BCUT2D eigenvalue weighted by Gasteiger charge is 2.38. The van der Waals surface area contributed by atoms with Crippen LogP contribution in [0.25, 0.3) is 0 Å². The molecule has 1 fully saturated rings. The SMILES string of the molecule is NC1(c2ccccc2Cl)CCCCC1=O.O=C(O)[C@@H](O)[C@H](O)C(=O)O. The Morgan fingerprint density at radius 1 is 1.08 bits per heavy atom. The highest BCUT2D eigenvalue weighted by atomic mass is 35.5. The molecule has 2 rings (SSSR count). The van der Waals surface area contributed by atoms with Crippen LogP contribution in [0.15, 0.2) is 24.3 Å². The van der Waals surface area contributed by atoms with Gasteiger partial charge in [-0.2, -0.15) is 0 Å². The average molecular weight is 374 g/mol. The quantitative estimate of drug-likeness (QED) is 0.510. The van der Waals surface area contributed by atoms with Crippen molar-refractivity contribution in [1.29, 1.82) is 0 Å². The summed E-state index contributed by atoms with van der Waals surface area (Å²) in [4.78, 5) is 31.4. The predicted octanol–water partition coefficient (Wildman–Crippen LogP) is 0.514. The Bertz CT molecular complexity index is 633. The number of hydrogen-bond donors (Lipinski definition) is 5. The molecule has 3 atom stereocenters. The van der Waals surface area contributed by atoms with Gasteiger partial charge in [-0.3, -0.25) is 4.79 Å². The second kappa shape index (κ2) is 8.91. The molecule has 9 heteroatoms. The molecule has 0 heterocycles. The molecule has 1 aromatic rings. The summed E-state index contributed by atoms with van der Waals surface area (Å²) in [6.07, 6.45) is -1.32. The van der Waals surface area contributed by atoms with E-state index in [1.54, 1.807) is 6.07 Å². The molecule has 0 radical (unpaired) electrons. The van der Waals surface area contributed by atoms with Gasteiger partial charge in [-0.25, -0.2) is 9.59 Å². The molecule has 1 aliphatic carbocycles. The fourth-order valence-electron chi connectivity index (χ4n) is 2.43. The van der Waals surface area contributed by atoms with Gasteiger partial charge >= 0.3 is 11.9 Å². The number of carboxylic acids is 2. The van der Waals surface area contributed by atoms with E-state index in [0.717, 1.165) is 18.4 Å².